The van der Waals surface area contributed by atoms with E-state index in [1.54, 1.807) is 14.2 Å². The van der Waals surface area contributed by atoms with Gasteiger partial charge in [-0.25, -0.2) is 0 Å². The predicted octanol–water partition coefficient (Wildman–Crippen LogP) is 3.26. The minimum atomic E-state index is 0.358. The van der Waals surface area contributed by atoms with Crippen LogP contribution < -0.4 is 20.1 Å². The quantitative estimate of drug-likeness (QED) is 0.263. The van der Waals surface area contributed by atoms with Crippen LogP contribution in [0.3, 0.4) is 0 Å². The molecule has 0 spiro atoms. The highest BCUT2D eigenvalue weighted by Crippen LogP contribution is 2.31. The molecule has 1 fully saturated rings. The van der Waals surface area contributed by atoms with Crippen molar-refractivity contribution in [2.45, 2.75) is 45.1 Å². The van der Waals surface area contributed by atoms with E-state index in [0.29, 0.717) is 6.10 Å². The van der Waals surface area contributed by atoms with Gasteiger partial charge in [-0.05, 0) is 45.1 Å². The van der Waals surface area contributed by atoms with Gasteiger partial charge in [-0.3, -0.25) is 4.99 Å². The zero-order valence-corrected chi connectivity index (χ0v) is 19.7. The van der Waals surface area contributed by atoms with E-state index in [4.69, 9.17) is 23.9 Å². The normalized spacial score (nSPS) is 15.2. The van der Waals surface area contributed by atoms with Gasteiger partial charge in [0, 0.05) is 62.7 Å². The lowest BCUT2D eigenvalue weighted by Gasteiger charge is -2.22. The van der Waals surface area contributed by atoms with Crippen molar-refractivity contribution in [2.75, 3.05) is 53.7 Å². The van der Waals surface area contributed by atoms with Crippen LogP contribution in [0.4, 0.5) is 0 Å². The standard InChI is InChI=1S/C24H38N4O4/c1-4-25-24(27-11-6-12-32-19-8-13-31-14-9-19)26-10-5-7-18-15-21-22(28-18)16-20(29-2)17-23(21)30-3/h15-17,19,28H,4-14H2,1-3H3,(H2,25,26,27). The third kappa shape index (κ3) is 7.31. The largest absolute Gasteiger partial charge is 0.497 e. The predicted molar refractivity (Wildman–Crippen MR) is 128 cm³/mol. The van der Waals surface area contributed by atoms with E-state index in [1.165, 1.54) is 5.69 Å². The summed E-state index contributed by atoms with van der Waals surface area (Å²) in [4.78, 5) is 8.18. The summed E-state index contributed by atoms with van der Waals surface area (Å²) in [6, 6.07) is 6.06. The van der Waals surface area contributed by atoms with Crippen molar-refractivity contribution >= 4 is 16.9 Å². The summed E-state index contributed by atoms with van der Waals surface area (Å²) in [5.74, 6) is 2.47. The summed E-state index contributed by atoms with van der Waals surface area (Å²) < 4.78 is 22.2. The van der Waals surface area contributed by atoms with Crippen LogP contribution in [-0.2, 0) is 15.9 Å². The molecule has 1 aromatic carbocycles. The molecule has 2 aromatic rings. The number of fused-ring (bicyclic) bond motifs is 1. The zero-order valence-electron chi connectivity index (χ0n) is 19.7. The molecule has 0 unspecified atom stereocenters. The van der Waals surface area contributed by atoms with E-state index in [-0.39, 0.29) is 0 Å². The van der Waals surface area contributed by atoms with Gasteiger partial charge in [0.15, 0.2) is 5.96 Å². The van der Waals surface area contributed by atoms with Gasteiger partial charge in [0.2, 0.25) is 0 Å². The Morgan fingerprint density at radius 2 is 1.97 bits per heavy atom. The summed E-state index contributed by atoms with van der Waals surface area (Å²) in [5, 5.41) is 7.79. The number of aliphatic imine (C=N–C) groups is 1. The molecule has 3 N–H and O–H groups in total. The van der Waals surface area contributed by atoms with Crippen LogP contribution in [0.5, 0.6) is 11.5 Å². The van der Waals surface area contributed by atoms with Gasteiger partial charge in [0.25, 0.3) is 0 Å². The Hall–Kier alpha value is -2.45. The first-order chi connectivity index (χ1) is 15.7. The molecule has 0 bridgehead atoms. The number of nitrogens with one attached hydrogen (secondary N) is 3. The van der Waals surface area contributed by atoms with Crippen molar-refractivity contribution < 1.29 is 18.9 Å². The van der Waals surface area contributed by atoms with Crippen LogP contribution in [-0.4, -0.2) is 70.7 Å². The van der Waals surface area contributed by atoms with Gasteiger partial charge in [-0.1, -0.05) is 0 Å². The maximum atomic E-state index is 5.93. The second-order valence-electron chi connectivity index (χ2n) is 7.91. The summed E-state index contributed by atoms with van der Waals surface area (Å²) in [6.07, 6.45) is 5.21. The second-order valence-corrected chi connectivity index (χ2v) is 7.91. The number of hydrogen-bond donors (Lipinski definition) is 3. The molecule has 0 aliphatic carbocycles. The lowest BCUT2D eigenvalue weighted by molar-refractivity contribution is -0.0320. The molecule has 32 heavy (non-hydrogen) atoms. The van der Waals surface area contributed by atoms with E-state index in [1.807, 2.05) is 12.1 Å². The third-order valence-corrected chi connectivity index (χ3v) is 5.54. The van der Waals surface area contributed by atoms with Gasteiger partial charge in [-0.2, -0.15) is 0 Å². The highest BCUT2D eigenvalue weighted by molar-refractivity contribution is 5.88. The van der Waals surface area contributed by atoms with Crippen LogP contribution in [0.15, 0.2) is 23.2 Å². The van der Waals surface area contributed by atoms with Crippen molar-refractivity contribution in [1.82, 2.24) is 15.6 Å². The molecule has 2 heterocycles. The fourth-order valence-electron chi connectivity index (χ4n) is 3.83. The first-order valence-electron chi connectivity index (χ1n) is 11.7. The van der Waals surface area contributed by atoms with Crippen molar-refractivity contribution in [3.63, 3.8) is 0 Å². The number of hydrogen-bond acceptors (Lipinski definition) is 5. The molecular weight excluding hydrogens is 408 g/mol. The van der Waals surface area contributed by atoms with Crippen LogP contribution >= 0.6 is 0 Å². The number of benzene rings is 1. The van der Waals surface area contributed by atoms with E-state index in [0.717, 1.165) is 99.9 Å². The maximum absolute atomic E-state index is 5.93. The van der Waals surface area contributed by atoms with Gasteiger partial charge < -0.3 is 34.6 Å². The Balaban J connectivity index is 1.41. The molecule has 3 rings (SSSR count). The number of nitrogens with zero attached hydrogens (tertiary/aromatic N) is 1. The summed E-state index contributed by atoms with van der Waals surface area (Å²) >= 11 is 0. The van der Waals surface area contributed by atoms with Gasteiger partial charge in [0.1, 0.15) is 11.5 Å². The topological polar surface area (TPSA) is 89.1 Å². The van der Waals surface area contributed by atoms with Crippen molar-refractivity contribution in [2.24, 2.45) is 4.99 Å². The van der Waals surface area contributed by atoms with E-state index in [2.05, 4.69) is 28.6 Å². The monoisotopic (exact) mass is 446 g/mol. The number of rotatable bonds is 12. The molecule has 178 valence electrons. The maximum Gasteiger partial charge on any atom is 0.191 e. The number of aromatic nitrogens is 1. The molecule has 1 aromatic heterocycles. The number of guanidine groups is 1. The molecule has 0 saturated carbocycles. The van der Waals surface area contributed by atoms with E-state index < -0.39 is 0 Å². The van der Waals surface area contributed by atoms with Gasteiger partial charge in [-0.15, -0.1) is 0 Å². The minimum Gasteiger partial charge on any atom is -0.497 e. The van der Waals surface area contributed by atoms with Crippen LogP contribution in [0.25, 0.3) is 10.9 Å². The van der Waals surface area contributed by atoms with Crippen LogP contribution in [0, 0.1) is 0 Å². The molecule has 1 saturated heterocycles. The second kappa shape index (κ2) is 13.2. The van der Waals surface area contributed by atoms with Crippen molar-refractivity contribution in [3.8, 4) is 11.5 Å². The molecule has 1 aliphatic rings. The summed E-state index contributed by atoms with van der Waals surface area (Å²) in [5.41, 5.74) is 2.20. The minimum absolute atomic E-state index is 0.358. The number of methoxy groups -OCH3 is 2. The third-order valence-electron chi connectivity index (χ3n) is 5.54. The van der Waals surface area contributed by atoms with Crippen molar-refractivity contribution in [1.29, 1.82) is 0 Å². The lowest BCUT2D eigenvalue weighted by atomic mass is 10.1. The average Bonchev–Trinajstić information content (AvgIpc) is 3.24. The highest BCUT2D eigenvalue weighted by Gasteiger charge is 2.13. The van der Waals surface area contributed by atoms with Crippen molar-refractivity contribution in [3.05, 3.63) is 23.9 Å². The summed E-state index contributed by atoms with van der Waals surface area (Å²) in [6.45, 7) is 6.93. The highest BCUT2D eigenvalue weighted by atomic mass is 16.5. The first kappa shape index (κ1) is 24.2. The van der Waals surface area contributed by atoms with E-state index in [9.17, 15) is 0 Å². The molecule has 0 radical (unpaired) electrons. The smallest absolute Gasteiger partial charge is 0.191 e. The molecular formula is C24H38N4O4. The Bertz CT molecular complexity index is 846. The molecule has 0 amide bonds. The number of aromatic amines is 1. The Labute approximate surface area is 191 Å². The van der Waals surface area contributed by atoms with Crippen LogP contribution in [0.2, 0.25) is 0 Å². The molecule has 8 heteroatoms. The number of ether oxygens (including phenoxy) is 4. The van der Waals surface area contributed by atoms with Gasteiger partial charge in [0.05, 0.1) is 25.8 Å². The Morgan fingerprint density at radius 1 is 1.12 bits per heavy atom. The molecule has 8 nitrogen and oxygen atoms in total. The first-order valence-corrected chi connectivity index (χ1v) is 11.7. The lowest BCUT2D eigenvalue weighted by Crippen LogP contribution is -2.38. The van der Waals surface area contributed by atoms with Crippen LogP contribution in [0.1, 0.15) is 38.3 Å². The fourth-order valence-corrected chi connectivity index (χ4v) is 3.83. The van der Waals surface area contributed by atoms with Gasteiger partial charge >= 0.3 is 0 Å². The zero-order chi connectivity index (χ0) is 22.6. The Morgan fingerprint density at radius 3 is 2.72 bits per heavy atom. The average molecular weight is 447 g/mol. The van der Waals surface area contributed by atoms with E-state index >= 15 is 0 Å². The Kier molecular flexibility index (Phi) is 9.97. The fraction of sp³-hybridized carbons (Fsp3) is 0.625. The number of H-pyrrole nitrogens is 1. The SMILES string of the molecule is CCNC(=NCCCc1cc2c(OC)cc(OC)cc2[nH]1)NCCCOC1CCOCC1. The summed E-state index contributed by atoms with van der Waals surface area (Å²) in [7, 11) is 3.35. The number of aryl methyl sites for hydroxylation is 1. The molecule has 1 aliphatic heterocycles. The molecule has 0 atom stereocenters.